The zero-order valence-electron chi connectivity index (χ0n) is 18.0. The van der Waals surface area contributed by atoms with Gasteiger partial charge in [-0.1, -0.05) is 0 Å². The molecule has 0 saturated carbocycles. The fraction of sp³-hybridized carbons (Fsp3) is 0.417. The van der Waals surface area contributed by atoms with E-state index in [9.17, 15) is 9.18 Å². The van der Waals surface area contributed by atoms with Gasteiger partial charge in [-0.25, -0.2) is 14.2 Å². The average molecular weight is 439 g/mol. The SMILES string of the molecule is CCOC(=O)c1cnc2ccc(N3CCCC3c3cc(F)ccc3O[C@@H]3CCOC3)cn12. The summed E-state index contributed by atoms with van der Waals surface area (Å²) in [6, 6.07) is 8.57. The maximum Gasteiger partial charge on any atom is 0.356 e. The molecule has 0 aliphatic carbocycles. The van der Waals surface area contributed by atoms with Crippen LogP contribution < -0.4 is 9.64 Å². The number of imidazole rings is 1. The first kappa shape index (κ1) is 20.8. The quantitative estimate of drug-likeness (QED) is 0.538. The lowest BCUT2D eigenvalue weighted by Gasteiger charge is -2.29. The van der Waals surface area contributed by atoms with Gasteiger partial charge in [0, 0.05) is 24.7 Å². The van der Waals surface area contributed by atoms with Gasteiger partial charge < -0.3 is 19.1 Å². The van der Waals surface area contributed by atoms with Gasteiger partial charge in [-0.3, -0.25) is 4.40 Å². The number of carbonyl (C=O) groups is 1. The van der Waals surface area contributed by atoms with E-state index in [1.54, 1.807) is 23.5 Å². The van der Waals surface area contributed by atoms with Crippen LogP contribution in [-0.2, 0) is 9.47 Å². The van der Waals surface area contributed by atoms with Crippen molar-refractivity contribution < 1.29 is 23.4 Å². The number of hydrogen-bond acceptors (Lipinski definition) is 6. The molecule has 2 aromatic heterocycles. The summed E-state index contributed by atoms with van der Waals surface area (Å²) >= 11 is 0. The molecule has 2 fully saturated rings. The van der Waals surface area contributed by atoms with Crippen molar-refractivity contribution >= 4 is 17.3 Å². The number of aromatic nitrogens is 2. The second kappa shape index (κ2) is 8.78. The summed E-state index contributed by atoms with van der Waals surface area (Å²) in [5, 5.41) is 0. The molecule has 7 nitrogen and oxygen atoms in total. The van der Waals surface area contributed by atoms with Crippen LogP contribution in [0.2, 0.25) is 0 Å². The first-order valence-corrected chi connectivity index (χ1v) is 11.1. The van der Waals surface area contributed by atoms with E-state index in [4.69, 9.17) is 14.2 Å². The maximum absolute atomic E-state index is 14.3. The third-order valence-corrected chi connectivity index (χ3v) is 6.07. The maximum atomic E-state index is 14.3. The van der Waals surface area contributed by atoms with Crippen molar-refractivity contribution in [1.29, 1.82) is 0 Å². The molecule has 1 aromatic carbocycles. The molecule has 2 atom stereocenters. The van der Waals surface area contributed by atoms with Crippen molar-refractivity contribution in [2.24, 2.45) is 0 Å². The van der Waals surface area contributed by atoms with E-state index in [1.807, 2.05) is 18.3 Å². The molecule has 2 aliphatic heterocycles. The van der Waals surface area contributed by atoms with Gasteiger partial charge in [-0.05, 0) is 50.1 Å². The number of pyridine rings is 1. The number of ether oxygens (including phenoxy) is 3. The summed E-state index contributed by atoms with van der Waals surface area (Å²) in [5.74, 6) is 0.0148. The van der Waals surface area contributed by atoms with E-state index in [2.05, 4.69) is 9.88 Å². The van der Waals surface area contributed by atoms with E-state index in [0.29, 0.717) is 36.9 Å². The molecular weight excluding hydrogens is 413 g/mol. The minimum absolute atomic E-state index is 0.0106. The monoisotopic (exact) mass is 439 g/mol. The number of esters is 1. The van der Waals surface area contributed by atoms with E-state index < -0.39 is 5.97 Å². The van der Waals surface area contributed by atoms with Gasteiger partial charge in [0.05, 0.1) is 37.7 Å². The van der Waals surface area contributed by atoms with Crippen molar-refractivity contribution in [3.8, 4) is 5.75 Å². The average Bonchev–Trinajstić information content (AvgIpc) is 3.55. The van der Waals surface area contributed by atoms with E-state index in [0.717, 1.165) is 37.1 Å². The van der Waals surface area contributed by atoms with Gasteiger partial charge >= 0.3 is 5.97 Å². The highest BCUT2D eigenvalue weighted by molar-refractivity contribution is 5.88. The van der Waals surface area contributed by atoms with Crippen LogP contribution in [0.25, 0.3) is 5.65 Å². The van der Waals surface area contributed by atoms with Gasteiger partial charge in [0.2, 0.25) is 0 Å². The molecule has 5 rings (SSSR count). The summed E-state index contributed by atoms with van der Waals surface area (Å²) in [4.78, 5) is 18.9. The zero-order chi connectivity index (χ0) is 22.1. The van der Waals surface area contributed by atoms with E-state index >= 15 is 0 Å². The Morgan fingerprint density at radius 3 is 3.00 bits per heavy atom. The first-order chi connectivity index (χ1) is 15.6. The second-order valence-corrected chi connectivity index (χ2v) is 8.12. The molecule has 0 amide bonds. The highest BCUT2D eigenvalue weighted by atomic mass is 19.1. The molecule has 0 radical (unpaired) electrons. The smallest absolute Gasteiger partial charge is 0.356 e. The number of fused-ring (bicyclic) bond motifs is 1. The van der Waals surface area contributed by atoms with E-state index in [1.165, 1.54) is 12.3 Å². The van der Waals surface area contributed by atoms with Crippen molar-refractivity contribution in [1.82, 2.24) is 9.38 Å². The minimum atomic E-state index is -0.408. The number of halogens is 1. The van der Waals surface area contributed by atoms with Crippen LogP contribution in [0.5, 0.6) is 5.75 Å². The number of carbonyl (C=O) groups excluding carboxylic acids is 1. The minimum Gasteiger partial charge on any atom is -0.488 e. The third-order valence-electron chi connectivity index (χ3n) is 6.07. The zero-order valence-corrected chi connectivity index (χ0v) is 18.0. The summed E-state index contributed by atoms with van der Waals surface area (Å²) in [6.07, 6.45) is 6.11. The first-order valence-electron chi connectivity index (χ1n) is 11.1. The van der Waals surface area contributed by atoms with Gasteiger partial charge in [0.25, 0.3) is 0 Å². The molecule has 168 valence electrons. The third kappa shape index (κ3) is 3.90. The summed E-state index contributed by atoms with van der Waals surface area (Å²) in [6.45, 7) is 4.14. The van der Waals surface area contributed by atoms with E-state index in [-0.39, 0.29) is 18.0 Å². The Hall–Kier alpha value is -3.13. The normalized spacial score (nSPS) is 20.8. The second-order valence-electron chi connectivity index (χ2n) is 8.12. The Balaban J connectivity index is 1.49. The van der Waals surface area contributed by atoms with Crippen LogP contribution >= 0.6 is 0 Å². The number of hydrogen-bond donors (Lipinski definition) is 0. The highest BCUT2D eigenvalue weighted by Gasteiger charge is 2.31. The van der Waals surface area contributed by atoms with Crippen molar-refractivity contribution in [3.05, 3.63) is 59.8 Å². The van der Waals surface area contributed by atoms with Gasteiger partial charge in [-0.15, -0.1) is 0 Å². The topological polar surface area (TPSA) is 65.3 Å². The van der Waals surface area contributed by atoms with Gasteiger partial charge in [-0.2, -0.15) is 0 Å². The van der Waals surface area contributed by atoms with Gasteiger partial charge in [0.15, 0.2) is 5.69 Å². The number of nitrogens with zero attached hydrogens (tertiary/aromatic N) is 3. The number of anilines is 1. The molecule has 0 spiro atoms. The fourth-order valence-corrected chi connectivity index (χ4v) is 4.57. The molecule has 2 aliphatic rings. The Morgan fingerprint density at radius 1 is 1.28 bits per heavy atom. The van der Waals surface area contributed by atoms with Crippen LogP contribution in [0.1, 0.15) is 48.3 Å². The lowest BCUT2D eigenvalue weighted by Crippen LogP contribution is -2.25. The summed E-state index contributed by atoms with van der Waals surface area (Å²) < 4.78 is 32.8. The van der Waals surface area contributed by atoms with Crippen molar-refractivity contribution in [3.63, 3.8) is 0 Å². The van der Waals surface area contributed by atoms with Crippen molar-refractivity contribution in [2.45, 2.75) is 38.3 Å². The lowest BCUT2D eigenvalue weighted by molar-refractivity contribution is 0.0518. The Bertz CT molecular complexity index is 1130. The van der Waals surface area contributed by atoms with Crippen molar-refractivity contribution in [2.75, 3.05) is 31.3 Å². The lowest BCUT2D eigenvalue weighted by atomic mass is 10.0. The Kier molecular flexibility index (Phi) is 5.70. The summed E-state index contributed by atoms with van der Waals surface area (Å²) in [7, 11) is 0. The highest BCUT2D eigenvalue weighted by Crippen LogP contribution is 2.41. The Labute approximate surface area is 185 Å². The van der Waals surface area contributed by atoms with Crippen LogP contribution in [0.3, 0.4) is 0 Å². The molecule has 4 heterocycles. The predicted octanol–water partition coefficient (Wildman–Crippen LogP) is 4.16. The molecule has 1 unspecified atom stereocenters. The Morgan fingerprint density at radius 2 is 2.19 bits per heavy atom. The van der Waals surface area contributed by atoms with Crippen LogP contribution in [0.4, 0.5) is 10.1 Å². The molecule has 0 bridgehead atoms. The summed E-state index contributed by atoms with van der Waals surface area (Å²) in [5.41, 5.74) is 2.83. The van der Waals surface area contributed by atoms with Crippen LogP contribution in [0, 0.1) is 5.82 Å². The standard InChI is InChI=1S/C24H26FN3O4/c1-2-31-24(29)21-13-26-23-8-6-17(14-28(21)23)27-10-3-4-20(27)19-12-16(25)5-7-22(19)32-18-9-11-30-15-18/h5-8,12-14,18,20H,2-4,9-11,15H2,1H3/t18-,20?/m1/s1. The number of rotatable bonds is 6. The molecule has 32 heavy (non-hydrogen) atoms. The van der Waals surface area contributed by atoms with Gasteiger partial charge in [0.1, 0.15) is 23.3 Å². The van der Waals surface area contributed by atoms with Crippen LogP contribution in [0.15, 0.2) is 42.7 Å². The van der Waals surface area contributed by atoms with Crippen LogP contribution in [-0.4, -0.2) is 47.8 Å². The molecular formula is C24H26FN3O4. The molecule has 0 N–H and O–H groups in total. The molecule has 8 heteroatoms. The molecule has 3 aromatic rings. The fourth-order valence-electron chi connectivity index (χ4n) is 4.57. The number of benzene rings is 1. The largest absolute Gasteiger partial charge is 0.488 e. The molecule has 2 saturated heterocycles. The predicted molar refractivity (Wildman–Crippen MR) is 117 cm³/mol.